The number of aromatic nitrogens is 2. The molecule has 90 valence electrons. The van der Waals surface area contributed by atoms with E-state index in [2.05, 4.69) is 36.1 Å². The molecule has 0 unspecified atom stereocenters. The summed E-state index contributed by atoms with van der Waals surface area (Å²) in [4.78, 5) is 8.57. The van der Waals surface area contributed by atoms with Crippen LogP contribution >= 0.6 is 11.3 Å². The van der Waals surface area contributed by atoms with Gasteiger partial charge in [0, 0.05) is 17.0 Å². The predicted molar refractivity (Wildman–Crippen MR) is 69.4 cm³/mol. The van der Waals surface area contributed by atoms with Crippen LogP contribution in [0.25, 0.3) is 0 Å². The van der Waals surface area contributed by atoms with Crippen LogP contribution in [-0.2, 0) is 12.0 Å². The Bertz CT molecular complexity index is 474. The molecule has 0 spiro atoms. The van der Waals surface area contributed by atoms with Gasteiger partial charge in [-0.15, -0.1) is 11.3 Å². The molecule has 0 radical (unpaired) electrons. The maximum absolute atomic E-state index is 5.60. The Kier molecular flexibility index (Phi) is 3.43. The topological polar surface area (TPSA) is 35.0 Å². The molecule has 0 fully saturated rings. The predicted octanol–water partition coefficient (Wildman–Crippen LogP) is 3.41. The zero-order valence-electron chi connectivity index (χ0n) is 10.3. The minimum absolute atomic E-state index is 0.100. The van der Waals surface area contributed by atoms with Crippen LogP contribution in [0.3, 0.4) is 0 Å². The van der Waals surface area contributed by atoms with E-state index in [1.165, 1.54) is 0 Å². The van der Waals surface area contributed by atoms with Gasteiger partial charge >= 0.3 is 0 Å². The molecule has 17 heavy (non-hydrogen) atoms. The van der Waals surface area contributed by atoms with Crippen LogP contribution in [0.5, 0.6) is 5.75 Å². The van der Waals surface area contributed by atoms with E-state index in [-0.39, 0.29) is 5.41 Å². The molecule has 0 aliphatic rings. The number of thiazole rings is 1. The lowest BCUT2D eigenvalue weighted by atomic mass is 9.93. The maximum atomic E-state index is 5.60. The van der Waals surface area contributed by atoms with Gasteiger partial charge in [-0.25, -0.2) is 4.98 Å². The molecule has 0 amide bonds. The van der Waals surface area contributed by atoms with E-state index in [1.807, 2.05) is 12.1 Å². The summed E-state index contributed by atoms with van der Waals surface area (Å²) in [7, 11) is 0. The molecule has 2 aromatic heterocycles. The molecule has 0 aromatic carbocycles. The summed E-state index contributed by atoms with van der Waals surface area (Å²) >= 11 is 1.64. The first-order valence-corrected chi connectivity index (χ1v) is 6.41. The molecule has 2 heterocycles. The van der Waals surface area contributed by atoms with Gasteiger partial charge in [0.25, 0.3) is 0 Å². The van der Waals surface area contributed by atoms with E-state index in [1.54, 1.807) is 23.7 Å². The maximum Gasteiger partial charge on any atom is 0.140 e. The fraction of sp³-hybridized carbons (Fsp3) is 0.385. The van der Waals surface area contributed by atoms with Crippen molar-refractivity contribution in [2.45, 2.75) is 32.8 Å². The van der Waals surface area contributed by atoms with Crippen molar-refractivity contribution in [3.05, 3.63) is 40.6 Å². The smallest absolute Gasteiger partial charge is 0.140 e. The summed E-state index contributed by atoms with van der Waals surface area (Å²) in [6.07, 6.45) is 3.44. The largest absolute Gasteiger partial charge is 0.485 e. The first-order chi connectivity index (χ1) is 8.05. The quantitative estimate of drug-likeness (QED) is 0.835. The number of pyridine rings is 1. The Hall–Kier alpha value is -1.42. The highest BCUT2D eigenvalue weighted by Crippen LogP contribution is 2.24. The SMILES string of the molecule is CC(C)(C)c1csc(COc2cccnc2)n1. The number of hydrogen-bond donors (Lipinski definition) is 0. The Morgan fingerprint density at radius 2 is 2.18 bits per heavy atom. The van der Waals surface area contributed by atoms with E-state index >= 15 is 0 Å². The second-order valence-corrected chi connectivity index (χ2v) is 5.80. The molecule has 0 saturated heterocycles. The van der Waals surface area contributed by atoms with Crippen molar-refractivity contribution in [2.24, 2.45) is 0 Å². The Morgan fingerprint density at radius 1 is 1.35 bits per heavy atom. The highest BCUT2D eigenvalue weighted by atomic mass is 32.1. The summed E-state index contributed by atoms with van der Waals surface area (Å²) in [5.74, 6) is 0.778. The molecule has 4 heteroatoms. The molecular formula is C13H16N2OS. The molecule has 2 rings (SSSR count). The zero-order chi connectivity index (χ0) is 12.3. The Morgan fingerprint density at radius 3 is 2.76 bits per heavy atom. The van der Waals surface area contributed by atoms with Crippen molar-refractivity contribution in [1.29, 1.82) is 0 Å². The number of rotatable bonds is 3. The number of ether oxygens (including phenoxy) is 1. The second kappa shape index (κ2) is 4.84. The summed E-state index contributed by atoms with van der Waals surface area (Å²) < 4.78 is 5.60. The van der Waals surface area contributed by atoms with Crippen LogP contribution < -0.4 is 4.74 Å². The van der Waals surface area contributed by atoms with Gasteiger partial charge in [0.2, 0.25) is 0 Å². The van der Waals surface area contributed by atoms with E-state index in [0.717, 1.165) is 16.5 Å². The van der Waals surface area contributed by atoms with Crippen molar-refractivity contribution in [3.8, 4) is 5.75 Å². The third kappa shape index (κ3) is 3.27. The highest BCUT2D eigenvalue weighted by Gasteiger charge is 2.17. The van der Waals surface area contributed by atoms with Gasteiger partial charge < -0.3 is 4.74 Å². The minimum atomic E-state index is 0.100. The van der Waals surface area contributed by atoms with Crippen LogP contribution in [0.4, 0.5) is 0 Å². The molecule has 0 N–H and O–H groups in total. The molecular weight excluding hydrogens is 232 g/mol. The van der Waals surface area contributed by atoms with E-state index in [9.17, 15) is 0 Å². The summed E-state index contributed by atoms with van der Waals surface area (Å²) in [6.45, 7) is 6.99. The summed E-state index contributed by atoms with van der Waals surface area (Å²) in [6, 6.07) is 3.75. The molecule has 0 bridgehead atoms. The molecule has 2 aromatic rings. The first-order valence-electron chi connectivity index (χ1n) is 5.53. The van der Waals surface area contributed by atoms with E-state index < -0.39 is 0 Å². The average molecular weight is 248 g/mol. The lowest BCUT2D eigenvalue weighted by Gasteiger charge is -2.14. The van der Waals surface area contributed by atoms with Gasteiger partial charge in [-0.1, -0.05) is 20.8 Å². The first kappa shape index (κ1) is 12.0. The van der Waals surface area contributed by atoms with E-state index in [4.69, 9.17) is 4.74 Å². The fourth-order valence-corrected chi connectivity index (χ4v) is 2.23. The summed E-state index contributed by atoms with van der Waals surface area (Å²) in [5.41, 5.74) is 1.22. The monoisotopic (exact) mass is 248 g/mol. The molecule has 0 saturated carbocycles. The normalized spacial score (nSPS) is 11.5. The third-order valence-electron chi connectivity index (χ3n) is 2.32. The second-order valence-electron chi connectivity index (χ2n) is 4.85. The lowest BCUT2D eigenvalue weighted by molar-refractivity contribution is 0.303. The van der Waals surface area contributed by atoms with Gasteiger partial charge in [-0.2, -0.15) is 0 Å². The van der Waals surface area contributed by atoms with Gasteiger partial charge in [0.1, 0.15) is 17.4 Å². The molecule has 0 aliphatic heterocycles. The van der Waals surface area contributed by atoms with Crippen LogP contribution in [-0.4, -0.2) is 9.97 Å². The third-order valence-corrected chi connectivity index (χ3v) is 3.14. The molecule has 3 nitrogen and oxygen atoms in total. The standard InChI is InChI=1S/C13H16N2OS/c1-13(2,3)11-9-17-12(15-11)8-16-10-5-4-6-14-7-10/h4-7,9H,8H2,1-3H3. The zero-order valence-corrected chi connectivity index (χ0v) is 11.1. The van der Waals surface area contributed by atoms with Crippen LogP contribution in [0.2, 0.25) is 0 Å². The van der Waals surface area contributed by atoms with Crippen LogP contribution in [0.1, 0.15) is 31.5 Å². The van der Waals surface area contributed by atoms with Crippen molar-refractivity contribution in [2.75, 3.05) is 0 Å². The van der Waals surface area contributed by atoms with E-state index in [0.29, 0.717) is 6.61 Å². The van der Waals surface area contributed by atoms with Crippen LogP contribution in [0, 0.1) is 0 Å². The fourth-order valence-electron chi connectivity index (χ4n) is 1.30. The summed E-state index contributed by atoms with van der Waals surface area (Å²) in [5, 5.41) is 3.10. The van der Waals surface area contributed by atoms with Gasteiger partial charge in [0.15, 0.2) is 0 Å². The lowest BCUT2D eigenvalue weighted by Crippen LogP contribution is -2.11. The Balaban J connectivity index is 1.99. The van der Waals surface area contributed by atoms with Gasteiger partial charge in [-0.3, -0.25) is 4.98 Å². The highest BCUT2D eigenvalue weighted by molar-refractivity contribution is 7.09. The van der Waals surface area contributed by atoms with Gasteiger partial charge in [0.05, 0.1) is 11.9 Å². The van der Waals surface area contributed by atoms with Crippen molar-refractivity contribution < 1.29 is 4.74 Å². The van der Waals surface area contributed by atoms with Crippen molar-refractivity contribution in [1.82, 2.24) is 9.97 Å². The van der Waals surface area contributed by atoms with Crippen LogP contribution in [0.15, 0.2) is 29.9 Å². The van der Waals surface area contributed by atoms with Gasteiger partial charge in [-0.05, 0) is 12.1 Å². The number of hydrogen-bond acceptors (Lipinski definition) is 4. The van der Waals surface area contributed by atoms with Crippen molar-refractivity contribution >= 4 is 11.3 Å². The molecule has 0 aliphatic carbocycles. The minimum Gasteiger partial charge on any atom is -0.485 e. The number of nitrogens with zero attached hydrogens (tertiary/aromatic N) is 2. The Labute approximate surface area is 106 Å². The van der Waals surface area contributed by atoms with Crippen molar-refractivity contribution in [3.63, 3.8) is 0 Å². The average Bonchev–Trinajstić information content (AvgIpc) is 2.76. The molecule has 0 atom stereocenters.